The number of carboxylic acids is 1. The van der Waals surface area contributed by atoms with Gasteiger partial charge in [-0.2, -0.15) is 0 Å². The normalized spacial score (nSPS) is 10.9. The number of benzene rings is 2. The molecule has 2 aromatic heterocycles. The van der Waals surface area contributed by atoms with E-state index >= 15 is 0 Å². The Bertz CT molecular complexity index is 1120. The molecule has 0 bridgehead atoms. The molecule has 2 aromatic carbocycles. The Morgan fingerprint density at radius 1 is 0.821 bits per heavy atom. The first kappa shape index (κ1) is 17.9. The molecule has 0 atom stereocenters. The SMILES string of the molecule is O=C(O)c1cccc(C[CH]Cc2cc3ccccc3c(-c3ccccc3)n2)n1. The van der Waals surface area contributed by atoms with Crippen molar-refractivity contribution in [3.63, 3.8) is 0 Å². The molecule has 0 amide bonds. The van der Waals surface area contributed by atoms with Gasteiger partial charge < -0.3 is 5.11 Å². The van der Waals surface area contributed by atoms with Gasteiger partial charge >= 0.3 is 5.97 Å². The third-order valence-electron chi connectivity index (χ3n) is 4.57. The Morgan fingerprint density at radius 3 is 2.39 bits per heavy atom. The number of aromatic carboxylic acids is 1. The van der Waals surface area contributed by atoms with Crippen LogP contribution in [0.15, 0.2) is 78.9 Å². The summed E-state index contributed by atoms with van der Waals surface area (Å²) in [6.07, 6.45) is 3.36. The topological polar surface area (TPSA) is 63.1 Å². The molecule has 1 radical (unpaired) electrons. The molecule has 0 saturated carbocycles. The summed E-state index contributed by atoms with van der Waals surface area (Å²) in [5.74, 6) is -1.01. The lowest BCUT2D eigenvalue weighted by Gasteiger charge is -2.10. The predicted octanol–water partition coefficient (Wildman–Crippen LogP) is 4.98. The van der Waals surface area contributed by atoms with Crippen molar-refractivity contribution in [1.29, 1.82) is 0 Å². The lowest BCUT2D eigenvalue weighted by Crippen LogP contribution is -2.03. The van der Waals surface area contributed by atoms with Gasteiger partial charge in [-0.05, 0) is 42.8 Å². The second kappa shape index (κ2) is 8.01. The Morgan fingerprint density at radius 2 is 1.57 bits per heavy atom. The summed E-state index contributed by atoms with van der Waals surface area (Å²) in [7, 11) is 0. The van der Waals surface area contributed by atoms with Crippen LogP contribution in [0.4, 0.5) is 0 Å². The van der Waals surface area contributed by atoms with E-state index in [-0.39, 0.29) is 5.69 Å². The minimum atomic E-state index is -1.01. The van der Waals surface area contributed by atoms with Gasteiger partial charge in [-0.15, -0.1) is 0 Å². The third kappa shape index (κ3) is 3.91. The molecular weight excluding hydrogens is 348 g/mol. The second-order valence-electron chi connectivity index (χ2n) is 6.57. The monoisotopic (exact) mass is 367 g/mol. The zero-order valence-corrected chi connectivity index (χ0v) is 15.2. The molecule has 4 aromatic rings. The maximum Gasteiger partial charge on any atom is 0.354 e. The van der Waals surface area contributed by atoms with E-state index in [0.29, 0.717) is 12.8 Å². The average molecular weight is 367 g/mol. The fourth-order valence-corrected chi connectivity index (χ4v) is 3.26. The Kier molecular flexibility index (Phi) is 5.11. The van der Waals surface area contributed by atoms with E-state index in [1.807, 2.05) is 36.4 Å². The molecule has 4 rings (SSSR count). The fraction of sp³-hybridized carbons (Fsp3) is 0.0833. The van der Waals surface area contributed by atoms with Crippen molar-refractivity contribution in [2.24, 2.45) is 0 Å². The maximum atomic E-state index is 11.1. The van der Waals surface area contributed by atoms with Crippen molar-refractivity contribution in [2.75, 3.05) is 0 Å². The predicted molar refractivity (Wildman–Crippen MR) is 110 cm³/mol. The molecule has 137 valence electrons. The minimum Gasteiger partial charge on any atom is -0.477 e. The van der Waals surface area contributed by atoms with Gasteiger partial charge in [0.25, 0.3) is 0 Å². The maximum absolute atomic E-state index is 11.1. The molecule has 1 N–H and O–H groups in total. The Balaban J connectivity index is 1.58. The standard InChI is InChI=1S/C24H19N2O2/c27-24(28)22-15-7-12-19(25-22)11-6-13-20-16-18-10-4-5-14-21(18)23(26-20)17-8-2-1-3-9-17/h1-10,12,14-16H,11,13H2,(H,27,28). The lowest BCUT2D eigenvalue weighted by atomic mass is 10.0. The van der Waals surface area contributed by atoms with Gasteiger partial charge in [0, 0.05) is 22.3 Å². The number of rotatable bonds is 6. The van der Waals surface area contributed by atoms with E-state index in [1.165, 1.54) is 6.07 Å². The number of pyridine rings is 2. The van der Waals surface area contributed by atoms with Crippen LogP contribution in [0.5, 0.6) is 0 Å². The molecule has 0 fully saturated rings. The van der Waals surface area contributed by atoms with Gasteiger partial charge in [-0.1, -0.05) is 60.7 Å². The zero-order chi connectivity index (χ0) is 19.3. The van der Waals surface area contributed by atoms with Crippen molar-refractivity contribution < 1.29 is 9.90 Å². The second-order valence-corrected chi connectivity index (χ2v) is 6.57. The molecule has 0 aliphatic rings. The quantitative estimate of drug-likeness (QED) is 0.522. The Hall–Kier alpha value is -3.53. The van der Waals surface area contributed by atoms with E-state index < -0.39 is 5.97 Å². The zero-order valence-electron chi connectivity index (χ0n) is 15.2. The van der Waals surface area contributed by atoms with Crippen molar-refractivity contribution in [3.8, 4) is 11.3 Å². The molecule has 28 heavy (non-hydrogen) atoms. The number of aromatic nitrogens is 2. The van der Waals surface area contributed by atoms with Gasteiger partial charge in [0.15, 0.2) is 0 Å². The summed E-state index contributed by atoms with van der Waals surface area (Å²) >= 11 is 0. The summed E-state index contributed by atoms with van der Waals surface area (Å²) in [4.78, 5) is 20.1. The fourth-order valence-electron chi connectivity index (χ4n) is 3.26. The summed E-state index contributed by atoms with van der Waals surface area (Å²) in [6, 6.07) is 25.6. The molecular formula is C24H19N2O2. The molecule has 4 heteroatoms. The third-order valence-corrected chi connectivity index (χ3v) is 4.57. The highest BCUT2D eigenvalue weighted by Crippen LogP contribution is 2.27. The first-order chi connectivity index (χ1) is 13.7. The number of carboxylic acid groups (broad SMARTS) is 1. The lowest BCUT2D eigenvalue weighted by molar-refractivity contribution is 0.0690. The number of nitrogens with zero attached hydrogens (tertiary/aromatic N) is 2. The minimum absolute atomic E-state index is 0.0705. The van der Waals surface area contributed by atoms with Crippen LogP contribution in [0.1, 0.15) is 21.9 Å². The van der Waals surface area contributed by atoms with Gasteiger partial charge in [-0.3, -0.25) is 4.98 Å². The van der Waals surface area contributed by atoms with Crippen molar-refractivity contribution in [2.45, 2.75) is 12.8 Å². The molecule has 0 spiro atoms. The first-order valence-corrected chi connectivity index (χ1v) is 9.16. The molecule has 4 nitrogen and oxygen atoms in total. The summed E-state index contributed by atoms with van der Waals surface area (Å²) in [5, 5.41) is 11.4. The van der Waals surface area contributed by atoms with Crippen molar-refractivity contribution >= 4 is 16.7 Å². The molecule has 0 unspecified atom stereocenters. The van der Waals surface area contributed by atoms with Crippen LogP contribution in [0.3, 0.4) is 0 Å². The van der Waals surface area contributed by atoms with E-state index in [2.05, 4.69) is 41.7 Å². The summed E-state index contributed by atoms with van der Waals surface area (Å²) in [5.41, 5.74) is 3.86. The summed E-state index contributed by atoms with van der Waals surface area (Å²) in [6.45, 7) is 0. The number of fused-ring (bicyclic) bond motifs is 1. The van der Waals surface area contributed by atoms with Crippen LogP contribution < -0.4 is 0 Å². The highest BCUT2D eigenvalue weighted by molar-refractivity contribution is 5.94. The van der Waals surface area contributed by atoms with Crippen LogP contribution in [0.2, 0.25) is 0 Å². The van der Waals surface area contributed by atoms with Crippen molar-refractivity contribution in [1.82, 2.24) is 9.97 Å². The largest absolute Gasteiger partial charge is 0.477 e. The highest BCUT2D eigenvalue weighted by Gasteiger charge is 2.09. The van der Waals surface area contributed by atoms with Crippen LogP contribution >= 0.6 is 0 Å². The van der Waals surface area contributed by atoms with E-state index in [1.54, 1.807) is 6.07 Å². The molecule has 0 aliphatic carbocycles. The molecule has 2 heterocycles. The van der Waals surface area contributed by atoms with Crippen LogP contribution in [0.25, 0.3) is 22.0 Å². The van der Waals surface area contributed by atoms with Crippen LogP contribution in [-0.2, 0) is 12.8 Å². The summed E-state index contributed by atoms with van der Waals surface area (Å²) < 4.78 is 0. The Labute approximate surface area is 163 Å². The smallest absolute Gasteiger partial charge is 0.354 e. The van der Waals surface area contributed by atoms with Crippen LogP contribution in [0, 0.1) is 6.42 Å². The molecule has 0 saturated heterocycles. The van der Waals surface area contributed by atoms with Gasteiger partial charge in [0.05, 0.1) is 5.69 Å². The van der Waals surface area contributed by atoms with Gasteiger partial charge in [0.2, 0.25) is 0 Å². The number of hydrogen-bond acceptors (Lipinski definition) is 3. The van der Waals surface area contributed by atoms with Crippen LogP contribution in [-0.4, -0.2) is 21.0 Å². The van der Waals surface area contributed by atoms with Gasteiger partial charge in [0.1, 0.15) is 5.69 Å². The van der Waals surface area contributed by atoms with Crippen molar-refractivity contribution in [3.05, 3.63) is 102 Å². The highest BCUT2D eigenvalue weighted by atomic mass is 16.4. The van der Waals surface area contributed by atoms with Gasteiger partial charge in [-0.25, -0.2) is 9.78 Å². The van der Waals surface area contributed by atoms with E-state index in [0.717, 1.165) is 33.4 Å². The average Bonchev–Trinajstić information content (AvgIpc) is 2.74. The molecule has 0 aliphatic heterocycles. The van der Waals surface area contributed by atoms with E-state index in [4.69, 9.17) is 10.1 Å². The first-order valence-electron chi connectivity index (χ1n) is 9.16. The number of hydrogen-bond donors (Lipinski definition) is 1. The van der Waals surface area contributed by atoms with E-state index in [9.17, 15) is 4.79 Å². The number of carbonyl (C=O) groups is 1.